The molecular formula is C8H8F3N3O. The third-order valence-corrected chi connectivity index (χ3v) is 1.55. The van der Waals surface area contributed by atoms with Crippen molar-refractivity contribution in [3.63, 3.8) is 0 Å². The van der Waals surface area contributed by atoms with Gasteiger partial charge in [-0.3, -0.25) is 0 Å². The molecule has 1 heterocycles. The maximum Gasteiger partial charge on any atom is 0.396 e. The highest BCUT2D eigenvalue weighted by Gasteiger charge is 2.30. The molecule has 0 radical (unpaired) electrons. The second-order valence-electron chi connectivity index (χ2n) is 2.91. The van der Waals surface area contributed by atoms with Crippen LogP contribution in [0.15, 0.2) is 4.52 Å². The van der Waals surface area contributed by atoms with Crippen LogP contribution in [0.1, 0.15) is 24.6 Å². The average molecular weight is 219 g/mol. The lowest BCUT2D eigenvalue weighted by atomic mass is 10.2. The maximum absolute atomic E-state index is 11.9. The van der Waals surface area contributed by atoms with Crippen LogP contribution in [0.4, 0.5) is 13.2 Å². The zero-order chi connectivity index (χ0) is 11.3. The largest absolute Gasteiger partial charge is 0.396 e. The van der Waals surface area contributed by atoms with E-state index in [-0.39, 0.29) is 11.7 Å². The van der Waals surface area contributed by atoms with Gasteiger partial charge in [0, 0.05) is 12.8 Å². The number of hydrogen-bond acceptors (Lipinski definition) is 4. The molecule has 0 bridgehead atoms. The summed E-state index contributed by atoms with van der Waals surface area (Å²) in [5, 5.41) is 11.4. The predicted octanol–water partition coefficient (Wildman–Crippen LogP) is 2.02. The van der Waals surface area contributed by atoms with E-state index in [9.17, 15) is 13.2 Å². The Kier molecular flexibility index (Phi) is 3.66. The van der Waals surface area contributed by atoms with Crippen molar-refractivity contribution in [2.24, 2.45) is 0 Å². The number of alkyl halides is 3. The zero-order valence-corrected chi connectivity index (χ0v) is 7.71. The van der Waals surface area contributed by atoms with E-state index >= 15 is 0 Å². The third-order valence-electron chi connectivity index (χ3n) is 1.55. The number of aryl methyl sites for hydroxylation is 1. The van der Waals surface area contributed by atoms with Gasteiger partial charge in [-0.2, -0.15) is 23.4 Å². The van der Waals surface area contributed by atoms with Crippen LogP contribution in [0.25, 0.3) is 0 Å². The molecular weight excluding hydrogens is 211 g/mol. The first-order valence-corrected chi connectivity index (χ1v) is 4.26. The molecule has 0 N–H and O–H groups in total. The number of rotatable bonds is 4. The van der Waals surface area contributed by atoms with Crippen molar-refractivity contribution >= 4 is 0 Å². The number of nitrogens with zero attached hydrogens (tertiary/aromatic N) is 3. The fraction of sp³-hybridized carbons (Fsp3) is 0.625. The Labute approximate surface area is 83.7 Å². The smallest absolute Gasteiger partial charge is 0.339 e. The zero-order valence-electron chi connectivity index (χ0n) is 7.71. The second-order valence-corrected chi connectivity index (χ2v) is 2.91. The molecule has 0 atom stereocenters. The van der Waals surface area contributed by atoms with Crippen molar-refractivity contribution in [1.29, 1.82) is 5.26 Å². The van der Waals surface area contributed by atoms with Gasteiger partial charge in [0.05, 0.1) is 6.07 Å². The molecule has 0 spiro atoms. The Hall–Kier alpha value is -1.58. The van der Waals surface area contributed by atoms with Gasteiger partial charge in [0.15, 0.2) is 5.82 Å². The second kappa shape index (κ2) is 4.77. The molecule has 1 rings (SSSR count). The van der Waals surface area contributed by atoms with Crippen molar-refractivity contribution in [1.82, 2.24) is 10.1 Å². The molecule has 0 aliphatic rings. The van der Waals surface area contributed by atoms with E-state index in [1.54, 1.807) is 0 Å². The molecule has 0 saturated carbocycles. The number of aromatic nitrogens is 2. The van der Waals surface area contributed by atoms with Crippen LogP contribution >= 0.6 is 0 Å². The molecule has 0 fully saturated rings. The molecule has 7 heteroatoms. The first kappa shape index (κ1) is 11.5. The Balaban J connectivity index is 2.46. The number of hydrogen-bond donors (Lipinski definition) is 0. The van der Waals surface area contributed by atoms with Gasteiger partial charge in [-0.1, -0.05) is 5.16 Å². The summed E-state index contributed by atoms with van der Waals surface area (Å²) in [4.78, 5) is 3.56. The van der Waals surface area contributed by atoms with Crippen molar-refractivity contribution < 1.29 is 17.7 Å². The monoisotopic (exact) mass is 219 g/mol. The predicted molar refractivity (Wildman–Crippen MR) is 42.6 cm³/mol. The Morgan fingerprint density at radius 3 is 2.73 bits per heavy atom. The number of unbranched alkanes of at least 4 members (excludes halogenated alkanes) is 1. The highest BCUT2D eigenvalue weighted by Crippen LogP contribution is 2.19. The summed E-state index contributed by atoms with van der Waals surface area (Å²) in [5.41, 5.74) is 0. The van der Waals surface area contributed by atoms with Gasteiger partial charge in [-0.15, -0.1) is 0 Å². The highest BCUT2D eigenvalue weighted by atomic mass is 19.4. The summed E-state index contributed by atoms with van der Waals surface area (Å²) in [6, 6.07) is 1.91. The van der Waals surface area contributed by atoms with E-state index < -0.39 is 12.6 Å². The van der Waals surface area contributed by atoms with Gasteiger partial charge in [0.1, 0.15) is 6.42 Å². The summed E-state index contributed by atoms with van der Waals surface area (Å²) in [6.07, 6.45) is -4.36. The average Bonchev–Trinajstić information content (AvgIpc) is 2.50. The summed E-state index contributed by atoms with van der Waals surface area (Å²) >= 11 is 0. The Bertz CT molecular complexity index is 353. The third kappa shape index (κ3) is 4.44. The molecule has 0 aromatic carbocycles. The summed E-state index contributed by atoms with van der Waals surface area (Å²) < 4.78 is 40.3. The minimum atomic E-state index is -4.33. The van der Waals surface area contributed by atoms with Crippen LogP contribution in [-0.4, -0.2) is 16.3 Å². The SMILES string of the molecule is N#CCCCc1nc(CC(F)(F)F)no1. The lowest BCUT2D eigenvalue weighted by Crippen LogP contribution is -2.12. The topological polar surface area (TPSA) is 62.7 Å². The minimum Gasteiger partial charge on any atom is -0.339 e. The molecule has 15 heavy (non-hydrogen) atoms. The summed E-state index contributed by atoms with van der Waals surface area (Å²) in [6.45, 7) is 0. The molecule has 0 saturated heterocycles. The van der Waals surface area contributed by atoms with Crippen LogP contribution in [0.2, 0.25) is 0 Å². The molecule has 82 valence electrons. The van der Waals surface area contributed by atoms with E-state index in [1.165, 1.54) is 0 Å². The fourth-order valence-electron chi connectivity index (χ4n) is 0.961. The van der Waals surface area contributed by atoms with Gasteiger partial charge in [-0.25, -0.2) is 0 Å². The molecule has 0 amide bonds. The fourth-order valence-corrected chi connectivity index (χ4v) is 0.961. The standard InChI is InChI=1S/C8H8F3N3O/c9-8(10,11)5-6-13-7(15-14-6)3-1-2-4-12/h1-3,5H2. The van der Waals surface area contributed by atoms with Crippen molar-refractivity contribution in [3.05, 3.63) is 11.7 Å². The van der Waals surface area contributed by atoms with Crippen LogP contribution in [0.3, 0.4) is 0 Å². The van der Waals surface area contributed by atoms with Gasteiger partial charge in [-0.05, 0) is 6.42 Å². The quantitative estimate of drug-likeness (QED) is 0.726. The molecule has 1 aromatic rings. The Morgan fingerprint density at radius 1 is 1.40 bits per heavy atom. The molecule has 0 aliphatic carbocycles. The van der Waals surface area contributed by atoms with Gasteiger partial charge < -0.3 is 4.52 Å². The van der Waals surface area contributed by atoms with Crippen molar-refractivity contribution in [3.8, 4) is 6.07 Å². The van der Waals surface area contributed by atoms with Crippen LogP contribution in [0.5, 0.6) is 0 Å². The van der Waals surface area contributed by atoms with E-state index in [0.717, 1.165) is 0 Å². The van der Waals surface area contributed by atoms with Crippen LogP contribution < -0.4 is 0 Å². The van der Waals surface area contributed by atoms with Crippen molar-refractivity contribution in [2.45, 2.75) is 31.9 Å². The lowest BCUT2D eigenvalue weighted by molar-refractivity contribution is -0.128. The first-order valence-electron chi connectivity index (χ1n) is 4.26. The van der Waals surface area contributed by atoms with Gasteiger partial charge >= 0.3 is 6.18 Å². The molecule has 0 aliphatic heterocycles. The van der Waals surface area contributed by atoms with E-state index in [0.29, 0.717) is 19.3 Å². The van der Waals surface area contributed by atoms with Gasteiger partial charge in [0.25, 0.3) is 0 Å². The summed E-state index contributed by atoms with van der Waals surface area (Å²) in [5.74, 6) is -0.223. The first-order chi connectivity index (χ1) is 7.01. The Morgan fingerprint density at radius 2 is 2.13 bits per heavy atom. The minimum absolute atomic E-state index is 0.143. The van der Waals surface area contributed by atoms with Crippen LogP contribution in [-0.2, 0) is 12.8 Å². The highest BCUT2D eigenvalue weighted by molar-refractivity contribution is 4.89. The molecule has 0 unspecified atom stereocenters. The number of halogens is 3. The van der Waals surface area contributed by atoms with Gasteiger partial charge in [0.2, 0.25) is 5.89 Å². The normalized spacial score (nSPS) is 11.3. The number of nitriles is 1. The molecule has 1 aromatic heterocycles. The van der Waals surface area contributed by atoms with E-state index in [1.807, 2.05) is 6.07 Å². The van der Waals surface area contributed by atoms with Crippen molar-refractivity contribution in [2.75, 3.05) is 0 Å². The lowest BCUT2D eigenvalue weighted by Gasteiger charge is -1.99. The van der Waals surface area contributed by atoms with E-state index in [4.69, 9.17) is 5.26 Å². The molecule has 4 nitrogen and oxygen atoms in total. The summed E-state index contributed by atoms with van der Waals surface area (Å²) in [7, 11) is 0. The van der Waals surface area contributed by atoms with Crippen LogP contribution in [0, 0.1) is 11.3 Å². The maximum atomic E-state index is 11.9. The van der Waals surface area contributed by atoms with E-state index in [2.05, 4.69) is 14.7 Å².